The van der Waals surface area contributed by atoms with E-state index >= 15 is 0 Å². The van der Waals surface area contributed by atoms with Gasteiger partial charge in [-0.1, -0.05) is 20.8 Å². The molecule has 0 spiro atoms. The maximum absolute atomic E-state index is 12.0. The molecule has 0 radical (unpaired) electrons. The van der Waals surface area contributed by atoms with Gasteiger partial charge in [0.1, 0.15) is 5.54 Å². The maximum Gasteiger partial charge on any atom is 0.325 e. The molecule has 4 heteroatoms. The summed E-state index contributed by atoms with van der Waals surface area (Å²) in [5, 5.41) is 13.3. The van der Waals surface area contributed by atoms with Crippen LogP contribution in [-0.2, 0) is 4.79 Å². The second-order valence-corrected chi connectivity index (χ2v) is 7.36. The summed E-state index contributed by atoms with van der Waals surface area (Å²) in [5.41, 5.74) is -0.713. The first-order valence-corrected chi connectivity index (χ1v) is 8.72. The Morgan fingerprint density at radius 1 is 1.33 bits per heavy atom. The molecule has 2 N–H and O–H groups in total. The van der Waals surface area contributed by atoms with E-state index in [0.717, 1.165) is 38.8 Å². The van der Waals surface area contributed by atoms with Gasteiger partial charge in [0.05, 0.1) is 0 Å². The standard InChI is InChI=1S/C17H32N2O2/c1-4-10-18-17(16(20)21,14-5-6-14)12-19(15-7-8-15)11-9-13(2)3/h13-15,18H,4-12H2,1-3H3,(H,20,21). The van der Waals surface area contributed by atoms with Gasteiger partial charge in [-0.05, 0) is 63.5 Å². The number of aliphatic carboxylic acids is 1. The molecule has 0 aromatic carbocycles. The number of nitrogens with one attached hydrogen (secondary N) is 1. The summed E-state index contributed by atoms with van der Waals surface area (Å²) >= 11 is 0. The minimum Gasteiger partial charge on any atom is -0.480 e. The van der Waals surface area contributed by atoms with E-state index in [9.17, 15) is 9.90 Å². The van der Waals surface area contributed by atoms with Crippen LogP contribution in [0, 0.1) is 11.8 Å². The fraction of sp³-hybridized carbons (Fsp3) is 0.941. The quantitative estimate of drug-likeness (QED) is 0.615. The molecule has 0 aliphatic heterocycles. The van der Waals surface area contributed by atoms with Crippen molar-refractivity contribution in [3.63, 3.8) is 0 Å². The van der Waals surface area contributed by atoms with Crippen LogP contribution in [0.5, 0.6) is 0 Å². The molecule has 21 heavy (non-hydrogen) atoms. The third kappa shape index (κ3) is 4.43. The Morgan fingerprint density at radius 3 is 2.43 bits per heavy atom. The van der Waals surface area contributed by atoms with Gasteiger partial charge in [0.25, 0.3) is 0 Å². The van der Waals surface area contributed by atoms with E-state index in [1.807, 2.05) is 0 Å². The smallest absolute Gasteiger partial charge is 0.325 e. The number of hydrogen-bond acceptors (Lipinski definition) is 3. The Hall–Kier alpha value is -0.610. The van der Waals surface area contributed by atoms with Crippen molar-refractivity contribution in [1.82, 2.24) is 10.2 Å². The summed E-state index contributed by atoms with van der Waals surface area (Å²) in [4.78, 5) is 14.5. The molecule has 2 rings (SSSR count). The van der Waals surface area contributed by atoms with Gasteiger partial charge in [0.2, 0.25) is 0 Å². The molecule has 2 fully saturated rings. The van der Waals surface area contributed by atoms with Crippen LogP contribution >= 0.6 is 0 Å². The highest BCUT2D eigenvalue weighted by Crippen LogP contribution is 2.42. The summed E-state index contributed by atoms with van der Waals surface area (Å²) < 4.78 is 0. The number of rotatable bonds is 11. The molecular weight excluding hydrogens is 264 g/mol. The number of carboxylic acids is 1. The van der Waals surface area contributed by atoms with E-state index < -0.39 is 11.5 Å². The molecule has 1 atom stereocenters. The molecule has 0 aromatic rings. The van der Waals surface area contributed by atoms with E-state index in [2.05, 4.69) is 31.0 Å². The van der Waals surface area contributed by atoms with Crippen molar-refractivity contribution in [2.24, 2.45) is 11.8 Å². The molecule has 1 unspecified atom stereocenters. The summed E-state index contributed by atoms with van der Waals surface area (Å²) in [5.74, 6) is 0.352. The summed E-state index contributed by atoms with van der Waals surface area (Å²) in [6.45, 7) is 9.11. The second kappa shape index (κ2) is 7.10. The second-order valence-electron chi connectivity index (χ2n) is 7.36. The van der Waals surface area contributed by atoms with Crippen molar-refractivity contribution < 1.29 is 9.90 Å². The SMILES string of the molecule is CCCNC(CN(CCC(C)C)C1CC1)(C(=O)O)C1CC1. The summed E-state index contributed by atoms with van der Waals surface area (Å²) in [6, 6.07) is 0.629. The summed E-state index contributed by atoms with van der Waals surface area (Å²) in [6.07, 6.45) is 6.75. The molecule has 2 aliphatic carbocycles. The normalized spacial score (nSPS) is 21.8. The van der Waals surface area contributed by atoms with Gasteiger partial charge in [-0.25, -0.2) is 0 Å². The summed E-state index contributed by atoms with van der Waals surface area (Å²) in [7, 11) is 0. The Morgan fingerprint density at radius 2 is 2.00 bits per heavy atom. The van der Waals surface area contributed by atoms with Gasteiger partial charge in [0.15, 0.2) is 0 Å². The molecule has 2 saturated carbocycles. The van der Waals surface area contributed by atoms with E-state index in [1.165, 1.54) is 12.8 Å². The van der Waals surface area contributed by atoms with Crippen molar-refractivity contribution in [3.05, 3.63) is 0 Å². The largest absolute Gasteiger partial charge is 0.480 e. The van der Waals surface area contributed by atoms with E-state index in [4.69, 9.17) is 0 Å². The highest BCUT2D eigenvalue weighted by Gasteiger charge is 2.52. The van der Waals surface area contributed by atoms with Crippen LogP contribution in [0.1, 0.15) is 59.3 Å². The fourth-order valence-electron chi connectivity index (χ4n) is 3.15. The minimum absolute atomic E-state index is 0.321. The average molecular weight is 296 g/mol. The third-order valence-corrected chi connectivity index (χ3v) is 4.86. The number of nitrogens with zero attached hydrogens (tertiary/aromatic N) is 1. The van der Waals surface area contributed by atoms with Gasteiger partial charge in [-0.3, -0.25) is 9.69 Å². The molecule has 4 nitrogen and oxygen atoms in total. The van der Waals surface area contributed by atoms with Crippen molar-refractivity contribution in [3.8, 4) is 0 Å². The van der Waals surface area contributed by atoms with Gasteiger partial charge in [-0.15, -0.1) is 0 Å². The van der Waals surface area contributed by atoms with Crippen molar-refractivity contribution in [2.45, 2.75) is 70.9 Å². The van der Waals surface area contributed by atoms with Crippen LogP contribution in [-0.4, -0.2) is 47.2 Å². The van der Waals surface area contributed by atoms with Crippen LogP contribution < -0.4 is 5.32 Å². The highest BCUT2D eigenvalue weighted by atomic mass is 16.4. The first-order valence-electron chi connectivity index (χ1n) is 8.72. The van der Waals surface area contributed by atoms with E-state index in [0.29, 0.717) is 24.4 Å². The predicted octanol–water partition coefficient (Wildman–Crippen LogP) is 2.73. The Kier molecular flexibility index (Phi) is 5.67. The van der Waals surface area contributed by atoms with Crippen LogP contribution in [0.15, 0.2) is 0 Å². The van der Waals surface area contributed by atoms with Crippen molar-refractivity contribution >= 4 is 5.97 Å². The third-order valence-electron chi connectivity index (χ3n) is 4.86. The molecular formula is C17H32N2O2. The van der Waals surface area contributed by atoms with Crippen molar-refractivity contribution in [1.29, 1.82) is 0 Å². The number of carboxylic acid groups (broad SMARTS) is 1. The molecule has 0 bridgehead atoms. The highest BCUT2D eigenvalue weighted by molar-refractivity contribution is 5.80. The minimum atomic E-state index is -0.713. The lowest BCUT2D eigenvalue weighted by atomic mass is 9.91. The van der Waals surface area contributed by atoms with Crippen LogP contribution in [0.25, 0.3) is 0 Å². The van der Waals surface area contributed by atoms with Gasteiger partial charge >= 0.3 is 5.97 Å². The monoisotopic (exact) mass is 296 g/mol. The van der Waals surface area contributed by atoms with Gasteiger partial charge in [-0.2, -0.15) is 0 Å². The molecule has 0 saturated heterocycles. The van der Waals surface area contributed by atoms with Crippen LogP contribution in [0.4, 0.5) is 0 Å². The zero-order chi connectivity index (χ0) is 15.5. The number of carbonyl (C=O) groups is 1. The zero-order valence-corrected chi connectivity index (χ0v) is 13.9. The van der Waals surface area contributed by atoms with Crippen LogP contribution in [0.3, 0.4) is 0 Å². The Balaban J connectivity index is 2.05. The van der Waals surface area contributed by atoms with Crippen LogP contribution in [0.2, 0.25) is 0 Å². The molecule has 0 aromatic heterocycles. The first-order chi connectivity index (χ1) is 9.99. The molecule has 2 aliphatic rings. The average Bonchev–Trinajstić information content (AvgIpc) is 3.28. The first kappa shape index (κ1) is 16.8. The maximum atomic E-state index is 12.0. The number of hydrogen-bond donors (Lipinski definition) is 2. The molecule has 122 valence electrons. The molecule has 0 amide bonds. The van der Waals surface area contributed by atoms with E-state index in [-0.39, 0.29) is 0 Å². The van der Waals surface area contributed by atoms with Gasteiger partial charge < -0.3 is 10.4 Å². The molecule has 0 heterocycles. The van der Waals surface area contributed by atoms with Gasteiger partial charge in [0, 0.05) is 12.6 Å². The van der Waals surface area contributed by atoms with E-state index in [1.54, 1.807) is 0 Å². The topological polar surface area (TPSA) is 52.6 Å². The fourth-order valence-corrected chi connectivity index (χ4v) is 3.15. The Bertz CT molecular complexity index is 351. The lowest BCUT2D eigenvalue weighted by Crippen LogP contribution is -2.61. The zero-order valence-electron chi connectivity index (χ0n) is 13.9. The predicted molar refractivity (Wildman–Crippen MR) is 85.4 cm³/mol. The van der Waals surface area contributed by atoms with Crippen molar-refractivity contribution in [2.75, 3.05) is 19.6 Å². The lowest BCUT2D eigenvalue weighted by Gasteiger charge is -2.37. The lowest BCUT2D eigenvalue weighted by molar-refractivity contribution is -0.147. The Labute approximate surface area is 129 Å².